The molecule has 0 aromatic heterocycles. The van der Waals surface area contributed by atoms with E-state index >= 15 is 0 Å². The molecule has 3 rings (SSSR count). The molecule has 2 aromatic carbocycles. The molecule has 1 fully saturated rings. The van der Waals surface area contributed by atoms with Crippen LogP contribution in [-0.2, 0) is 9.59 Å². The molecule has 1 aliphatic rings. The molecule has 1 atom stereocenters. The Kier molecular flexibility index (Phi) is 5.39. The molecular weight excluding hydrogens is 416 g/mol. The van der Waals surface area contributed by atoms with Gasteiger partial charge in [-0.3, -0.25) is 9.59 Å². The Labute approximate surface area is 166 Å². The second-order valence-electron chi connectivity index (χ2n) is 6.74. The van der Waals surface area contributed by atoms with E-state index in [0.29, 0.717) is 11.6 Å². The number of amides is 2. The van der Waals surface area contributed by atoms with Crippen molar-refractivity contribution in [2.45, 2.75) is 27.2 Å². The minimum Gasteiger partial charge on any atom is -0.326 e. The van der Waals surface area contributed by atoms with Gasteiger partial charge in [-0.2, -0.15) is 0 Å². The highest BCUT2D eigenvalue weighted by Crippen LogP contribution is 2.30. The summed E-state index contributed by atoms with van der Waals surface area (Å²) in [7, 11) is 0. The van der Waals surface area contributed by atoms with E-state index in [1.807, 2.05) is 45.0 Å². The SMILES string of the molecule is Cc1ccc(N2C[C@@H](C(=O)Nc3cc(C)c(Br)cc3C)CC2=O)cc1Cl. The first-order valence-electron chi connectivity index (χ1n) is 8.40. The molecule has 26 heavy (non-hydrogen) atoms. The highest BCUT2D eigenvalue weighted by molar-refractivity contribution is 9.10. The van der Waals surface area contributed by atoms with Crippen molar-refractivity contribution in [3.05, 3.63) is 56.5 Å². The van der Waals surface area contributed by atoms with Crippen molar-refractivity contribution in [2.24, 2.45) is 5.92 Å². The molecule has 2 amide bonds. The molecule has 1 aliphatic heterocycles. The second kappa shape index (κ2) is 7.41. The Morgan fingerprint density at radius 1 is 1.15 bits per heavy atom. The Bertz CT molecular complexity index is 898. The van der Waals surface area contributed by atoms with Crippen molar-refractivity contribution in [1.29, 1.82) is 0 Å². The van der Waals surface area contributed by atoms with Gasteiger partial charge in [-0.05, 0) is 61.7 Å². The summed E-state index contributed by atoms with van der Waals surface area (Å²) in [5.41, 5.74) is 4.49. The minimum atomic E-state index is -0.383. The fourth-order valence-corrected chi connectivity index (χ4v) is 3.67. The Morgan fingerprint density at radius 3 is 2.58 bits per heavy atom. The van der Waals surface area contributed by atoms with Crippen LogP contribution in [0.4, 0.5) is 11.4 Å². The van der Waals surface area contributed by atoms with Crippen LogP contribution in [0.3, 0.4) is 0 Å². The van der Waals surface area contributed by atoms with Gasteiger partial charge in [0, 0.05) is 33.8 Å². The summed E-state index contributed by atoms with van der Waals surface area (Å²) in [5.74, 6) is -0.580. The fourth-order valence-electron chi connectivity index (χ4n) is 3.03. The molecule has 2 aromatic rings. The maximum Gasteiger partial charge on any atom is 0.229 e. The minimum absolute atomic E-state index is 0.0613. The molecule has 1 heterocycles. The van der Waals surface area contributed by atoms with Crippen molar-refractivity contribution < 1.29 is 9.59 Å². The Balaban J connectivity index is 1.75. The summed E-state index contributed by atoms with van der Waals surface area (Å²) in [6.07, 6.45) is 0.200. The van der Waals surface area contributed by atoms with Crippen molar-refractivity contribution >= 4 is 50.7 Å². The molecule has 136 valence electrons. The zero-order valence-electron chi connectivity index (χ0n) is 14.9. The number of carbonyl (C=O) groups excluding carboxylic acids is 2. The molecule has 1 N–H and O–H groups in total. The van der Waals surface area contributed by atoms with Gasteiger partial charge in [0.05, 0.1) is 5.92 Å². The van der Waals surface area contributed by atoms with Crippen LogP contribution in [0, 0.1) is 26.7 Å². The summed E-state index contributed by atoms with van der Waals surface area (Å²) < 4.78 is 1.01. The number of benzene rings is 2. The molecule has 0 bridgehead atoms. The third-order valence-electron chi connectivity index (χ3n) is 4.73. The van der Waals surface area contributed by atoms with E-state index in [0.717, 1.165) is 32.5 Å². The lowest BCUT2D eigenvalue weighted by molar-refractivity contribution is -0.122. The molecule has 1 saturated heterocycles. The van der Waals surface area contributed by atoms with Gasteiger partial charge in [0.15, 0.2) is 0 Å². The number of halogens is 2. The monoisotopic (exact) mass is 434 g/mol. The smallest absolute Gasteiger partial charge is 0.229 e. The van der Waals surface area contributed by atoms with Crippen LogP contribution in [0.15, 0.2) is 34.8 Å². The molecular formula is C20H20BrClN2O2. The standard InChI is InChI=1S/C20H20BrClN2O2/c1-11-4-5-15(9-17(11)22)24-10-14(8-19(24)25)20(26)23-18-7-12(2)16(21)6-13(18)3/h4-7,9,14H,8,10H2,1-3H3,(H,23,26)/t14-/m0/s1. The van der Waals surface area contributed by atoms with Gasteiger partial charge in [-0.1, -0.05) is 33.6 Å². The highest BCUT2D eigenvalue weighted by Gasteiger charge is 2.35. The zero-order chi connectivity index (χ0) is 19.0. The molecule has 0 radical (unpaired) electrons. The number of nitrogens with zero attached hydrogens (tertiary/aromatic N) is 1. The molecule has 6 heteroatoms. The second-order valence-corrected chi connectivity index (χ2v) is 8.01. The van der Waals surface area contributed by atoms with Crippen LogP contribution in [0.1, 0.15) is 23.1 Å². The zero-order valence-corrected chi connectivity index (χ0v) is 17.2. The largest absolute Gasteiger partial charge is 0.326 e. The Morgan fingerprint density at radius 2 is 1.88 bits per heavy atom. The normalized spacial score (nSPS) is 16.9. The molecule has 0 unspecified atom stereocenters. The van der Waals surface area contributed by atoms with Gasteiger partial charge in [0.25, 0.3) is 0 Å². The first-order chi connectivity index (χ1) is 12.3. The maximum atomic E-state index is 12.7. The topological polar surface area (TPSA) is 49.4 Å². The van der Waals surface area contributed by atoms with Crippen LogP contribution >= 0.6 is 27.5 Å². The summed E-state index contributed by atoms with van der Waals surface area (Å²) in [5, 5.41) is 3.58. The van der Waals surface area contributed by atoms with Crippen LogP contribution in [-0.4, -0.2) is 18.4 Å². The van der Waals surface area contributed by atoms with Gasteiger partial charge in [0.2, 0.25) is 11.8 Å². The van der Waals surface area contributed by atoms with E-state index in [1.165, 1.54) is 0 Å². The summed E-state index contributed by atoms with van der Waals surface area (Å²) in [6, 6.07) is 9.43. The van der Waals surface area contributed by atoms with E-state index < -0.39 is 0 Å². The number of rotatable bonds is 3. The first-order valence-corrected chi connectivity index (χ1v) is 9.57. The molecule has 0 saturated carbocycles. The maximum absolute atomic E-state index is 12.7. The number of aryl methyl sites for hydroxylation is 3. The Hall–Kier alpha value is -1.85. The predicted octanol–water partition coefficient (Wildman–Crippen LogP) is 5.02. The van der Waals surface area contributed by atoms with Crippen LogP contribution in [0.25, 0.3) is 0 Å². The van der Waals surface area contributed by atoms with Crippen molar-refractivity contribution in [1.82, 2.24) is 0 Å². The van der Waals surface area contributed by atoms with E-state index in [-0.39, 0.29) is 24.2 Å². The predicted molar refractivity (Wildman–Crippen MR) is 109 cm³/mol. The molecule has 4 nitrogen and oxygen atoms in total. The molecule has 0 spiro atoms. The lowest BCUT2D eigenvalue weighted by atomic mass is 10.1. The summed E-state index contributed by atoms with van der Waals surface area (Å²) in [6.45, 7) is 6.19. The first kappa shape index (κ1) is 18.9. The van der Waals surface area contributed by atoms with E-state index in [1.54, 1.807) is 11.0 Å². The van der Waals surface area contributed by atoms with Gasteiger partial charge < -0.3 is 10.2 Å². The number of anilines is 2. The number of hydrogen-bond donors (Lipinski definition) is 1. The summed E-state index contributed by atoms with van der Waals surface area (Å²) in [4.78, 5) is 26.7. The quantitative estimate of drug-likeness (QED) is 0.736. The average Bonchev–Trinajstić information content (AvgIpc) is 2.97. The number of carbonyl (C=O) groups is 2. The highest BCUT2D eigenvalue weighted by atomic mass is 79.9. The lowest BCUT2D eigenvalue weighted by Crippen LogP contribution is -2.28. The number of nitrogens with one attached hydrogen (secondary N) is 1. The van der Waals surface area contributed by atoms with Crippen LogP contribution in [0.2, 0.25) is 5.02 Å². The molecule has 0 aliphatic carbocycles. The van der Waals surface area contributed by atoms with E-state index in [2.05, 4.69) is 21.2 Å². The van der Waals surface area contributed by atoms with Gasteiger partial charge >= 0.3 is 0 Å². The van der Waals surface area contributed by atoms with Crippen molar-refractivity contribution in [3.8, 4) is 0 Å². The lowest BCUT2D eigenvalue weighted by Gasteiger charge is -2.18. The number of hydrogen-bond acceptors (Lipinski definition) is 2. The van der Waals surface area contributed by atoms with Crippen molar-refractivity contribution in [2.75, 3.05) is 16.8 Å². The summed E-state index contributed by atoms with van der Waals surface area (Å²) >= 11 is 9.66. The van der Waals surface area contributed by atoms with Gasteiger partial charge in [-0.25, -0.2) is 0 Å². The van der Waals surface area contributed by atoms with Gasteiger partial charge in [-0.15, -0.1) is 0 Å². The van der Waals surface area contributed by atoms with Crippen LogP contribution in [0.5, 0.6) is 0 Å². The average molecular weight is 436 g/mol. The third kappa shape index (κ3) is 3.79. The van der Waals surface area contributed by atoms with E-state index in [9.17, 15) is 9.59 Å². The van der Waals surface area contributed by atoms with Gasteiger partial charge in [0.1, 0.15) is 0 Å². The van der Waals surface area contributed by atoms with Crippen molar-refractivity contribution in [3.63, 3.8) is 0 Å². The van der Waals surface area contributed by atoms with Crippen LogP contribution < -0.4 is 10.2 Å². The van der Waals surface area contributed by atoms with E-state index in [4.69, 9.17) is 11.6 Å². The third-order valence-corrected chi connectivity index (χ3v) is 5.99. The fraction of sp³-hybridized carbons (Fsp3) is 0.300.